The van der Waals surface area contributed by atoms with Crippen molar-refractivity contribution in [3.63, 3.8) is 0 Å². The van der Waals surface area contributed by atoms with Gasteiger partial charge >= 0.3 is 6.09 Å². The number of piperidine rings is 1. The summed E-state index contributed by atoms with van der Waals surface area (Å²) in [6.45, 7) is 3.66. The maximum Gasteiger partial charge on any atom is 0.404 e. The molecule has 1 aliphatic heterocycles. The topological polar surface area (TPSA) is 118 Å². The van der Waals surface area contributed by atoms with Crippen LogP contribution in [0.25, 0.3) is 33.7 Å². The van der Waals surface area contributed by atoms with Crippen LogP contribution in [-0.4, -0.2) is 57.3 Å². The number of nitrogens with zero attached hydrogens (tertiary/aromatic N) is 4. The van der Waals surface area contributed by atoms with Crippen molar-refractivity contribution >= 4 is 34.1 Å². The molecule has 1 fully saturated rings. The van der Waals surface area contributed by atoms with Gasteiger partial charge < -0.3 is 33.7 Å². The summed E-state index contributed by atoms with van der Waals surface area (Å²) in [5.41, 5.74) is 8.80. The van der Waals surface area contributed by atoms with E-state index in [2.05, 4.69) is 17.6 Å². The summed E-state index contributed by atoms with van der Waals surface area (Å²) in [4.78, 5) is 31.0. The van der Waals surface area contributed by atoms with E-state index in [1.165, 1.54) is 0 Å². The first-order chi connectivity index (χ1) is 16.4. The van der Waals surface area contributed by atoms with Gasteiger partial charge in [-0.15, -0.1) is 0 Å². The van der Waals surface area contributed by atoms with E-state index in [0.717, 1.165) is 41.1 Å². The van der Waals surface area contributed by atoms with Gasteiger partial charge in [0.1, 0.15) is 17.4 Å². The number of furan rings is 1. The minimum Gasteiger partial charge on any atom is -0.494 e. The van der Waals surface area contributed by atoms with Gasteiger partial charge in [-0.3, -0.25) is 4.79 Å². The van der Waals surface area contributed by atoms with E-state index >= 15 is 0 Å². The summed E-state index contributed by atoms with van der Waals surface area (Å²) in [5, 5.41) is 1.00. The summed E-state index contributed by atoms with van der Waals surface area (Å²) in [6, 6.07) is 7.50. The smallest absolute Gasteiger partial charge is 0.404 e. The van der Waals surface area contributed by atoms with Gasteiger partial charge in [0, 0.05) is 31.1 Å². The number of likely N-dealkylation sites (tertiary alicyclic amines) is 1. The fraction of sp³-hybridized carbons (Fsp3) is 0.375. The highest BCUT2D eigenvalue weighted by molar-refractivity contribution is 6.00. The standard InChI is InChI=1S/C24H27N5O5/c1-4-29-18(11-14-7-9-33-23(14)29)21-26-17-10-15(12-19(32-3)20(17)27(21)2)22(30)28-8-5-6-16(13-28)34-24(25)31/h7,9-12,16H,4-6,8,13H2,1-3H3,(H2,25,31). The number of carbonyl (C=O) groups excluding carboxylic acids is 2. The van der Waals surface area contributed by atoms with Crippen LogP contribution in [0.2, 0.25) is 0 Å². The van der Waals surface area contributed by atoms with Crippen LogP contribution in [-0.2, 0) is 18.3 Å². The number of carbonyl (C=O) groups is 2. The highest BCUT2D eigenvalue weighted by Gasteiger charge is 2.28. The molecule has 1 saturated heterocycles. The Kier molecular flexibility index (Phi) is 5.43. The molecule has 0 aliphatic carbocycles. The first-order valence-corrected chi connectivity index (χ1v) is 11.3. The number of amides is 2. The quantitative estimate of drug-likeness (QED) is 0.482. The molecule has 0 spiro atoms. The second kappa shape index (κ2) is 8.44. The van der Waals surface area contributed by atoms with E-state index in [9.17, 15) is 9.59 Å². The summed E-state index contributed by atoms with van der Waals surface area (Å²) in [5.74, 6) is 1.14. The average molecular weight is 466 g/mol. The minimum absolute atomic E-state index is 0.167. The Morgan fingerprint density at radius 3 is 2.85 bits per heavy atom. The van der Waals surface area contributed by atoms with Crippen molar-refractivity contribution in [1.29, 1.82) is 0 Å². The third-order valence-corrected chi connectivity index (χ3v) is 6.40. The number of nitrogens with two attached hydrogens (primary N) is 1. The van der Waals surface area contributed by atoms with Crippen molar-refractivity contribution in [3.05, 3.63) is 36.1 Å². The zero-order chi connectivity index (χ0) is 24.0. The second-order valence-electron chi connectivity index (χ2n) is 8.45. The number of primary amides is 1. The van der Waals surface area contributed by atoms with Crippen LogP contribution in [0.15, 0.2) is 34.9 Å². The fourth-order valence-electron chi connectivity index (χ4n) is 4.86. The zero-order valence-electron chi connectivity index (χ0n) is 19.4. The Labute approximate surface area is 195 Å². The monoisotopic (exact) mass is 465 g/mol. The molecule has 0 bridgehead atoms. The first kappa shape index (κ1) is 21.9. The Hall–Kier alpha value is -3.95. The highest BCUT2D eigenvalue weighted by atomic mass is 16.6. The average Bonchev–Trinajstić information content (AvgIpc) is 3.50. The van der Waals surface area contributed by atoms with Gasteiger partial charge in [0.25, 0.3) is 5.91 Å². The normalized spacial score (nSPS) is 16.3. The first-order valence-electron chi connectivity index (χ1n) is 11.3. The SMILES string of the molecule is CCn1c(-c2nc3cc(C(=O)N4CCCC(OC(N)=O)C4)cc(OC)c3n2C)cc2ccoc21. The molecule has 4 heterocycles. The van der Waals surface area contributed by atoms with Crippen LogP contribution in [0.4, 0.5) is 4.79 Å². The van der Waals surface area contributed by atoms with Crippen LogP contribution in [0, 0.1) is 0 Å². The van der Waals surface area contributed by atoms with E-state index < -0.39 is 12.2 Å². The molecule has 1 aliphatic rings. The maximum absolute atomic E-state index is 13.3. The van der Waals surface area contributed by atoms with E-state index in [4.69, 9.17) is 24.6 Å². The predicted molar refractivity (Wildman–Crippen MR) is 126 cm³/mol. The highest BCUT2D eigenvalue weighted by Crippen LogP contribution is 2.34. The minimum atomic E-state index is -0.827. The van der Waals surface area contributed by atoms with E-state index in [1.807, 2.05) is 17.7 Å². The summed E-state index contributed by atoms with van der Waals surface area (Å²) < 4.78 is 20.5. The van der Waals surface area contributed by atoms with Crippen molar-refractivity contribution in [3.8, 4) is 17.3 Å². The fourth-order valence-corrected chi connectivity index (χ4v) is 4.86. The number of imidazole rings is 1. The second-order valence-corrected chi connectivity index (χ2v) is 8.45. The van der Waals surface area contributed by atoms with Crippen molar-refractivity contribution < 1.29 is 23.5 Å². The third-order valence-electron chi connectivity index (χ3n) is 6.40. The van der Waals surface area contributed by atoms with Gasteiger partial charge in [-0.2, -0.15) is 0 Å². The zero-order valence-corrected chi connectivity index (χ0v) is 19.4. The van der Waals surface area contributed by atoms with E-state index in [0.29, 0.717) is 36.3 Å². The van der Waals surface area contributed by atoms with Crippen LogP contribution < -0.4 is 10.5 Å². The van der Waals surface area contributed by atoms with Gasteiger partial charge in [-0.05, 0) is 44.0 Å². The van der Waals surface area contributed by atoms with Crippen LogP contribution in [0.3, 0.4) is 0 Å². The number of ether oxygens (including phenoxy) is 2. The summed E-state index contributed by atoms with van der Waals surface area (Å²) in [7, 11) is 3.51. The number of rotatable bonds is 5. The van der Waals surface area contributed by atoms with E-state index in [-0.39, 0.29) is 5.91 Å². The summed E-state index contributed by atoms with van der Waals surface area (Å²) >= 11 is 0. The number of aromatic nitrogens is 3. The van der Waals surface area contributed by atoms with Crippen molar-refractivity contribution in [2.75, 3.05) is 20.2 Å². The number of aryl methyl sites for hydroxylation is 2. The van der Waals surface area contributed by atoms with Gasteiger partial charge in [-0.1, -0.05) is 0 Å². The predicted octanol–water partition coefficient (Wildman–Crippen LogP) is 3.52. The van der Waals surface area contributed by atoms with Crippen molar-refractivity contribution in [2.24, 2.45) is 12.8 Å². The molecule has 2 N–H and O–H groups in total. The number of fused-ring (bicyclic) bond motifs is 2. The molecular formula is C24H27N5O5. The molecule has 34 heavy (non-hydrogen) atoms. The maximum atomic E-state index is 13.3. The molecule has 2 amide bonds. The molecule has 1 aromatic carbocycles. The van der Waals surface area contributed by atoms with Crippen LogP contribution in [0.1, 0.15) is 30.1 Å². The van der Waals surface area contributed by atoms with Crippen LogP contribution >= 0.6 is 0 Å². The number of hydrogen-bond acceptors (Lipinski definition) is 6. The Morgan fingerprint density at radius 2 is 2.12 bits per heavy atom. The van der Waals surface area contributed by atoms with Gasteiger partial charge in [0.2, 0.25) is 5.71 Å². The number of methoxy groups -OCH3 is 1. The molecule has 10 heteroatoms. The van der Waals surface area contributed by atoms with Gasteiger partial charge in [0.15, 0.2) is 5.82 Å². The lowest BCUT2D eigenvalue weighted by Crippen LogP contribution is -2.44. The Morgan fingerprint density at radius 1 is 1.29 bits per heavy atom. The molecule has 3 aromatic heterocycles. The largest absolute Gasteiger partial charge is 0.494 e. The molecule has 1 unspecified atom stereocenters. The molecule has 5 rings (SSSR count). The van der Waals surface area contributed by atoms with Crippen molar-refractivity contribution in [2.45, 2.75) is 32.4 Å². The van der Waals surface area contributed by atoms with Gasteiger partial charge in [-0.25, -0.2) is 9.78 Å². The lowest BCUT2D eigenvalue weighted by Gasteiger charge is -2.32. The molecule has 0 saturated carbocycles. The van der Waals surface area contributed by atoms with E-state index in [1.54, 1.807) is 30.4 Å². The number of hydrogen-bond donors (Lipinski definition) is 1. The molecular weight excluding hydrogens is 438 g/mol. The summed E-state index contributed by atoms with van der Waals surface area (Å²) in [6.07, 6.45) is 1.86. The number of benzene rings is 1. The lowest BCUT2D eigenvalue weighted by atomic mass is 10.1. The van der Waals surface area contributed by atoms with Gasteiger partial charge in [0.05, 0.1) is 31.1 Å². The van der Waals surface area contributed by atoms with Crippen molar-refractivity contribution in [1.82, 2.24) is 19.0 Å². The Bertz CT molecular complexity index is 1400. The molecule has 4 aromatic rings. The van der Waals surface area contributed by atoms with Crippen LogP contribution in [0.5, 0.6) is 5.75 Å². The Balaban J connectivity index is 1.55. The molecule has 178 valence electrons. The lowest BCUT2D eigenvalue weighted by molar-refractivity contribution is 0.0373. The third kappa shape index (κ3) is 3.55. The molecule has 0 radical (unpaired) electrons. The molecule has 1 atom stereocenters. The molecule has 10 nitrogen and oxygen atoms in total.